The highest BCUT2D eigenvalue weighted by Gasteiger charge is 2.18. The van der Waals surface area contributed by atoms with Crippen molar-refractivity contribution in [3.8, 4) is 0 Å². The molecular weight excluding hydrogens is 345 g/mol. The second kappa shape index (κ2) is 9.71. The summed E-state index contributed by atoms with van der Waals surface area (Å²) in [6.45, 7) is 6.52. The van der Waals surface area contributed by atoms with Crippen LogP contribution in [-0.4, -0.2) is 24.5 Å². The summed E-state index contributed by atoms with van der Waals surface area (Å²) in [7, 11) is 0. The first-order chi connectivity index (χ1) is 12.9. The lowest BCUT2D eigenvalue weighted by atomic mass is 10.1. The van der Waals surface area contributed by atoms with E-state index in [0.29, 0.717) is 18.8 Å². The maximum Gasteiger partial charge on any atom is 0.322 e. The predicted molar refractivity (Wildman–Crippen MR) is 105 cm³/mol. The number of halogens is 1. The molecule has 6 heteroatoms. The van der Waals surface area contributed by atoms with E-state index in [2.05, 4.69) is 10.6 Å². The summed E-state index contributed by atoms with van der Waals surface area (Å²) < 4.78 is 13.2. The van der Waals surface area contributed by atoms with E-state index in [0.717, 1.165) is 11.1 Å². The topological polar surface area (TPSA) is 61.4 Å². The average Bonchev–Trinajstić information content (AvgIpc) is 2.61. The molecule has 2 N–H and O–H groups in total. The Morgan fingerprint density at radius 1 is 1.07 bits per heavy atom. The normalized spacial score (nSPS) is 10.6. The third kappa shape index (κ3) is 6.40. The number of benzene rings is 2. The van der Waals surface area contributed by atoms with Crippen molar-refractivity contribution in [3.05, 3.63) is 65.5 Å². The van der Waals surface area contributed by atoms with Crippen molar-refractivity contribution < 1.29 is 14.0 Å². The maximum atomic E-state index is 13.2. The van der Waals surface area contributed by atoms with Crippen LogP contribution >= 0.6 is 0 Å². The van der Waals surface area contributed by atoms with Gasteiger partial charge >= 0.3 is 6.03 Å². The van der Waals surface area contributed by atoms with Gasteiger partial charge in [-0.15, -0.1) is 0 Å². The van der Waals surface area contributed by atoms with E-state index >= 15 is 0 Å². The van der Waals surface area contributed by atoms with Crippen LogP contribution in [0.4, 0.5) is 14.9 Å². The molecule has 2 aromatic rings. The molecule has 0 aliphatic heterocycles. The number of rotatable bonds is 7. The summed E-state index contributed by atoms with van der Waals surface area (Å²) >= 11 is 0. The first-order valence-electron chi connectivity index (χ1n) is 9.07. The van der Waals surface area contributed by atoms with E-state index in [1.807, 2.05) is 45.0 Å². The van der Waals surface area contributed by atoms with E-state index in [1.165, 1.54) is 12.1 Å². The Hall–Kier alpha value is -2.89. The van der Waals surface area contributed by atoms with Crippen LogP contribution in [0.15, 0.2) is 48.5 Å². The molecule has 144 valence electrons. The standard InChI is InChI=1S/C21H26FN3O2/c1-4-23-20(26)13-17-6-5-7-19(12-17)25(21(27)24-15(2)3)14-16-8-10-18(22)11-9-16/h5-12,15H,4,13-14H2,1-3H3,(H,23,26)(H,24,27). The molecule has 0 aromatic heterocycles. The van der Waals surface area contributed by atoms with Gasteiger partial charge in [0.05, 0.1) is 13.0 Å². The van der Waals surface area contributed by atoms with Crippen LogP contribution in [-0.2, 0) is 17.8 Å². The van der Waals surface area contributed by atoms with Gasteiger partial charge in [0, 0.05) is 18.3 Å². The summed E-state index contributed by atoms with van der Waals surface area (Å²) in [6.07, 6.45) is 0.248. The lowest BCUT2D eigenvalue weighted by Gasteiger charge is -2.25. The Labute approximate surface area is 159 Å². The van der Waals surface area contributed by atoms with Crippen molar-refractivity contribution in [2.45, 2.75) is 39.8 Å². The first kappa shape index (κ1) is 20.4. The third-order valence-corrected chi connectivity index (χ3v) is 3.87. The average molecular weight is 371 g/mol. The van der Waals surface area contributed by atoms with Gasteiger partial charge < -0.3 is 10.6 Å². The lowest BCUT2D eigenvalue weighted by Crippen LogP contribution is -2.42. The van der Waals surface area contributed by atoms with Crippen molar-refractivity contribution in [2.24, 2.45) is 0 Å². The number of nitrogens with one attached hydrogen (secondary N) is 2. The molecule has 27 heavy (non-hydrogen) atoms. The van der Waals surface area contributed by atoms with E-state index in [-0.39, 0.29) is 30.2 Å². The van der Waals surface area contributed by atoms with E-state index in [4.69, 9.17) is 0 Å². The smallest absolute Gasteiger partial charge is 0.322 e. The van der Waals surface area contributed by atoms with Crippen LogP contribution in [0.3, 0.4) is 0 Å². The van der Waals surface area contributed by atoms with Crippen molar-refractivity contribution in [1.29, 1.82) is 0 Å². The molecule has 0 radical (unpaired) electrons. The summed E-state index contributed by atoms with van der Waals surface area (Å²) in [5.41, 5.74) is 2.31. The summed E-state index contributed by atoms with van der Waals surface area (Å²) in [5, 5.41) is 5.66. The van der Waals surface area contributed by atoms with E-state index in [1.54, 1.807) is 17.0 Å². The minimum Gasteiger partial charge on any atom is -0.356 e. The number of carbonyl (C=O) groups is 2. The Kier molecular flexibility index (Phi) is 7.34. The van der Waals surface area contributed by atoms with Crippen molar-refractivity contribution in [1.82, 2.24) is 10.6 Å². The fourth-order valence-corrected chi connectivity index (χ4v) is 2.66. The molecular formula is C21H26FN3O2. The Balaban J connectivity index is 2.27. The number of urea groups is 1. The zero-order valence-electron chi connectivity index (χ0n) is 16.0. The number of nitrogens with zero attached hydrogens (tertiary/aromatic N) is 1. The van der Waals surface area contributed by atoms with Crippen LogP contribution in [0.5, 0.6) is 0 Å². The molecule has 0 atom stereocenters. The largest absolute Gasteiger partial charge is 0.356 e. The van der Waals surface area contributed by atoms with Gasteiger partial charge in [0.1, 0.15) is 5.82 Å². The molecule has 0 bridgehead atoms. The van der Waals surface area contributed by atoms with Crippen LogP contribution in [0.2, 0.25) is 0 Å². The number of hydrogen-bond acceptors (Lipinski definition) is 2. The van der Waals surface area contributed by atoms with Gasteiger partial charge in [-0.1, -0.05) is 24.3 Å². The van der Waals surface area contributed by atoms with E-state index < -0.39 is 0 Å². The van der Waals surface area contributed by atoms with Gasteiger partial charge in [-0.25, -0.2) is 9.18 Å². The number of likely N-dealkylation sites (N-methyl/N-ethyl adjacent to an activating group) is 1. The van der Waals surface area contributed by atoms with Crippen molar-refractivity contribution in [2.75, 3.05) is 11.4 Å². The van der Waals surface area contributed by atoms with Gasteiger partial charge in [-0.3, -0.25) is 9.69 Å². The molecule has 0 heterocycles. The number of hydrogen-bond donors (Lipinski definition) is 2. The molecule has 0 unspecified atom stereocenters. The quantitative estimate of drug-likeness (QED) is 0.781. The maximum absolute atomic E-state index is 13.2. The number of anilines is 1. The zero-order chi connectivity index (χ0) is 19.8. The highest BCUT2D eigenvalue weighted by Crippen LogP contribution is 2.20. The molecule has 0 saturated carbocycles. The fraction of sp³-hybridized carbons (Fsp3) is 0.333. The van der Waals surface area contributed by atoms with Gasteiger partial charge in [0.15, 0.2) is 0 Å². The zero-order valence-corrected chi connectivity index (χ0v) is 16.0. The van der Waals surface area contributed by atoms with E-state index in [9.17, 15) is 14.0 Å². The van der Waals surface area contributed by atoms with Gasteiger partial charge in [-0.2, -0.15) is 0 Å². The molecule has 2 rings (SSSR count). The molecule has 2 aromatic carbocycles. The van der Waals surface area contributed by atoms with Crippen molar-refractivity contribution >= 4 is 17.6 Å². The molecule has 0 spiro atoms. The molecule has 0 fully saturated rings. The predicted octanol–water partition coefficient (Wildman–Crippen LogP) is 3.63. The monoisotopic (exact) mass is 371 g/mol. The molecule has 3 amide bonds. The van der Waals surface area contributed by atoms with Crippen molar-refractivity contribution in [3.63, 3.8) is 0 Å². The second-order valence-corrected chi connectivity index (χ2v) is 6.62. The molecule has 5 nitrogen and oxygen atoms in total. The summed E-state index contributed by atoms with van der Waals surface area (Å²) in [6, 6.07) is 13.1. The molecule has 0 aliphatic rings. The number of amides is 3. The highest BCUT2D eigenvalue weighted by molar-refractivity contribution is 5.92. The first-order valence-corrected chi connectivity index (χ1v) is 9.07. The van der Waals surface area contributed by atoms with Crippen LogP contribution < -0.4 is 15.5 Å². The van der Waals surface area contributed by atoms with Gasteiger partial charge in [-0.05, 0) is 56.2 Å². The lowest BCUT2D eigenvalue weighted by molar-refractivity contribution is -0.120. The van der Waals surface area contributed by atoms with Crippen LogP contribution in [0.25, 0.3) is 0 Å². The molecule has 0 aliphatic carbocycles. The highest BCUT2D eigenvalue weighted by atomic mass is 19.1. The number of carbonyl (C=O) groups excluding carboxylic acids is 2. The van der Waals surface area contributed by atoms with Gasteiger partial charge in [0.2, 0.25) is 5.91 Å². The SMILES string of the molecule is CCNC(=O)Cc1cccc(N(Cc2ccc(F)cc2)C(=O)NC(C)C)c1. The Morgan fingerprint density at radius 2 is 1.78 bits per heavy atom. The minimum absolute atomic E-state index is 0.0215. The summed E-state index contributed by atoms with van der Waals surface area (Å²) in [5.74, 6) is -0.382. The van der Waals surface area contributed by atoms with Crippen LogP contribution in [0.1, 0.15) is 31.9 Å². The second-order valence-electron chi connectivity index (χ2n) is 6.62. The molecule has 0 saturated heterocycles. The third-order valence-electron chi connectivity index (χ3n) is 3.87. The fourth-order valence-electron chi connectivity index (χ4n) is 2.66. The Morgan fingerprint density at radius 3 is 2.41 bits per heavy atom. The summed E-state index contributed by atoms with van der Waals surface area (Å²) in [4.78, 5) is 26.2. The van der Waals surface area contributed by atoms with Gasteiger partial charge in [0.25, 0.3) is 0 Å². The Bertz CT molecular complexity index is 775. The minimum atomic E-state index is -0.319. The van der Waals surface area contributed by atoms with Crippen LogP contribution in [0, 0.1) is 5.82 Å².